The van der Waals surface area contributed by atoms with Crippen molar-refractivity contribution < 1.29 is 13.5 Å². The molecule has 2 aliphatic rings. The Hall–Kier alpha value is -1.00. The molecule has 0 aromatic heterocycles. The Morgan fingerprint density at radius 3 is 2.54 bits per heavy atom. The predicted octanol–water partition coefficient (Wildman–Crippen LogP) is 2.11. The molecule has 3 rings (SSSR count). The van der Waals surface area contributed by atoms with Gasteiger partial charge in [0.1, 0.15) is 11.6 Å². The predicted molar refractivity (Wildman–Crippen MR) is 109 cm³/mol. The Bertz CT molecular complexity index is 591. The quantitative estimate of drug-likeness (QED) is 0.407. The molecule has 8 heteroatoms. The molecule has 2 fully saturated rings. The highest BCUT2D eigenvalue weighted by atomic mass is 127. The number of halogens is 3. The Kier molecular flexibility index (Phi) is 8.49. The van der Waals surface area contributed by atoms with Crippen molar-refractivity contribution in [3.05, 3.63) is 35.4 Å². The van der Waals surface area contributed by atoms with Crippen LogP contribution in [0.25, 0.3) is 0 Å². The molecule has 5 nitrogen and oxygen atoms in total. The van der Waals surface area contributed by atoms with Crippen LogP contribution in [0.5, 0.6) is 0 Å². The first-order valence-corrected chi connectivity index (χ1v) is 8.88. The van der Waals surface area contributed by atoms with Crippen LogP contribution in [-0.4, -0.2) is 74.8 Å². The monoisotopic (exact) mass is 480 g/mol. The fourth-order valence-corrected chi connectivity index (χ4v) is 3.58. The summed E-state index contributed by atoms with van der Waals surface area (Å²) in [5.74, 6) is -0.216. The van der Waals surface area contributed by atoms with Crippen LogP contribution in [0.15, 0.2) is 23.2 Å². The summed E-state index contributed by atoms with van der Waals surface area (Å²) in [5.41, 5.74) is 0.646. The van der Waals surface area contributed by atoms with E-state index < -0.39 is 11.6 Å². The lowest BCUT2D eigenvalue weighted by Crippen LogP contribution is -2.46. The van der Waals surface area contributed by atoms with Crippen molar-refractivity contribution >= 4 is 29.9 Å². The highest BCUT2D eigenvalue weighted by Gasteiger charge is 2.30. The molecular formula is C18H27F2IN4O. The van der Waals surface area contributed by atoms with Crippen LogP contribution < -0.4 is 5.32 Å². The number of aliphatic imine (C=N–C) groups is 1. The largest absolute Gasteiger partial charge is 0.379 e. The molecule has 2 heterocycles. The van der Waals surface area contributed by atoms with Crippen LogP contribution in [0.1, 0.15) is 12.0 Å². The molecule has 0 amide bonds. The average molecular weight is 480 g/mol. The smallest absolute Gasteiger partial charge is 0.193 e. The minimum atomic E-state index is -0.535. The van der Waals surface area contributed by atoms with E-state index in [2.05, 4.69) is 20.1 Å². The maximum Gasteiger partial charge on any atom is 0.193 e. The van der Waals surface area contributed by atoms with Crippen molar-refractivity contribution in [3.8, 4) is 0 Å². The lowest BCUT2D eigenvalue weighted by molar-refractivity contribution is 0.0195. The molecule has 146 valence electrons. The van der Waals surface area contributed by atoms with E-state index >= 15 is 0 Å². The molecule has 0 saturated carbocycles. The van der Waals surface area contributed by atoms with Crippen LogP contribution in [-0.2, 0) is 11.2 Å². The van der Waals surface area contributed by atoms with Crippen LogP contribution in [0.3, 0.4) is 0 Å². The fraction of sp³-hybridized carbons (Fsp3) is 0.611. The summed E-state index contributed by atoms with van der Waals surface area (Å²) < 4.78 is 31.9. The molecule has 2 aliphatic heterocycles. The zero-order valence-corrected chi connectivity index (χ0v) is 17.4. The zero-order valence-electron chi connectivity index (χ0n) is 15.1. The van der Waals surface area contributed by atoms with Crippen LogP contribution in [0, 0.1) is 11.6 Å². The Labute approximate surface area is 170 Å². The second-order valence-electron chi connectivity index (χ2n) is 6.54. The van der Waals surface area contributed by atoms with Crippen molar-refractivity contribution in [1.82, 2.24) is 15.1 Å². The normalized spacial score (nSPS) is 21.6. The first kappa shape index (κ1) is 21.3. The van der Waals surface area contributed by atoms with Crippen molar-refractivity contribution in [2.75, 3.05) is 53.0 Å². The number of nitrogens with one attached hydrogen (secondary N) is 1. The molecule has 1 atom stereocenters. The van der Waals surface area contributed by atoms with E-state index in [1.54, 1.807) is 7.05 Å². The van der Waals surface area contributed by atoms with Crippen LogP contribution in [0.2, 0.25) is 0 Å². The summed E-state index contributed by atoms with van der Waals surface area (Å²) in [4.78, 5) is 9.10. The van der Waals surface area contributed by atoms with E-state index in [0.717, 1.165) is 57.8 Å². The van der Waals surface area contributed by atoms with E-state index in [-0.39, 0.29) is 24.0 Å². The van der Waals surface area contributed by atoms with Crippen LogP contribution in [0.4, 0.5) is 8.78 Å². The number of guanidine groups is 1. The van der Waals surface area contributed by atoms with Gasteiger partial charge >= 0.3 is 0 Å². The topological polar surface area (TPSA) is 40.1 Å². The number of hydrogen-bond donors (Lipinski definition) is 1. The van der Waals surface area contributed by atoms with Crippen molar-refractivity contribution in [3.63, 3.8) is 0 Å². The summed E-state index contributed by atoms with van der Waals surface area (Å²) in [5, 5.41) is 3.31. The first-order chi connectivity index (χ1) is 12.2. The second kappa shape index (κ2) is 10.4. The molecule has 1 aromatic rings. The summed E-state index contributed by atoms with van der Waals surface area (Å²) in [6, 6.07) is 4.18. The van der Waals surface area contributed by atoms with E-state index in [0.29, 0.717) is 24.6 Å². The number of hydrogen-bond acceptors (Lipinski definition) is 3. The Morgan fingerprint density at radius 1 is 1.19 bits per heavy atom. The SMILES string of the molecule is CN=C(NCCc1cc(F)cc(F)c1)N1CCC(N2CCOCC2)C1.I. The molecule has 0 radical (unpaired) electrons. The molecular weight excluding hydrogens is 453 g/mol. The standard InChI is InChI=1S/C18H26F2N4O.HI/c1-21-18(22-4-2-14-10-15(19)12-16(20)11-14)24-5-3-17(13-24)23-6-8-25-9-7-23;/h10-12,17H,2-9,13H2,1H3,(H,21,22);1H. The van der Waals surface area contributed by atoms with Gasteiger partial charge in [-0.05, 0) is 30.5 Å². The maximum absolute atomic E-state index is 13.2. The third kappa shape index (κ3) is 5.75. The van der Waals surface area contributed by atoms with Crippen LogP contribution >= 0.6 is 24.0 Å². The highest BCUT2D eigenvalue weighted by Crippen LogP contribution is 2.17. The van der Waals surface area contributed by atoms with E-state index in [9.17, 15) is 8.78 Å². The lowest BCUT2D eigenvalue weighted by atomic mass is 10.1. The molecule has 26 heavy (non-hydrogen) atoms. The van der Waals surface area contributed by atoms with Gasteiger partial charge in [0.15, 0.2) is 5.96 Å². The number of nitrogens with zero attached hydrogens (tertiary/aromatic N) is 3. The number of benzene rings is 1. The fourth-order valence-electron chi connectivity index (χ4n) is 3.58. The van der Waals surface area contributed by atoms with E-state index in [1.165, 1.54) is 12.1 Å². The van der Waals surface area contributed by atoms with Gasteiger partial charge in [-0.1, -0.05) is 0 Å². The molecule has 0 bridgehead atoms. The third-order valence-corrected chi connectivity index (χ3v) is 4.86. The minimum absolute atomic E-state index is 0. The summed E-state index contributed by atoms with van der Waals surface area (Å²) in [7, 11) is 1.77. The molecule has 1 N–H and O–H groups in total. The minimum Gasteiger partial charge on any atom is -0.379 e. The van der Waals surface area contributed by atoms with Gasteiger partial charge in [-0.15, -0.1) is 24.0 Å². The average Bonchev–Trinajstić information content (AvgIpc) is 3.08. The Balaban J connectivity index is 0.00000243. The molecule has 2 saturated heterocycles. The molecule has 0 aliphatic carbocycles. The van der Waals surface area contributed by atoms with Crippen molar-refractivity contribution in [1.29, 1.82) is 0 Å². The Morgan fingerprint density at radius 2 is 1.88 bits per heavy atom. The van der Waals surface area contributed by atoms with Gasteiger partial charge < -0.3 is 15.0 Å². The summed E-state index contributed by atoms with van der Waals surface area (Å²) >= 11 is 0. The maximum atomic E-state index is 13.2. The zero-order chi connectivity index (χ0) is 17.6. The summed E-state index contributed by atoms with van der Waals surface area (Å²) in [6.45, 7) is 6.13. The van der Waals surface area contributed by atoms with Gasteiger partial charge in [-0.25, -0.2) is 8.78 Å². The van der Waals surface area contributed by atoms with Gasteiger partial charge in [0.05, 0.1) is 13.2 Å². The number of likely N-dealkylation sites (tertiary alicyclic amines) is 1. The number of rotatable bonds is 4. The molecule has 1 aromatic carbocycles. The molecule has 1 unspecified atom stereocenters. The third-order valence-electron chi connectivity index (χ3n) is 4.86. The van der Waals surface area contributed by atoms with Gasteiger partial charge in [-0.2, -0.15) is 0 Å². The van der Waals surface area contributed by atoms with E-state index in [4.69, 9.17) is 4.74 Å². The van der Waals surface area contributed by atoms with E-state index in [1.807, 2.05) is 0 Å². The van der Waals surface area contributed by atoms with Crippen molar-refractivity contribution in [2.24, 2.45) is 4.99 Å². The lowest BCUT2D eigenvalue weighted by Gasteiger charge is -2.32. The molecule has 0 spiro atoms. The number of morpholine rings is 1. The highest BCUT2D eigenvalue weighted by molar-refractivity contribution is 14.0. The second-order valence-corrected chi connectivity index (χ2v) is 6.54. The summed E-state index contributed by atoms with van der Waals surface area (Å²) in [6.07, 6.45) is 1.67. The van der Waals surface area contributed by atoms with Crippen molar-refractivity contribution in [2.45, 2.75) is 18.9 Å². The van der Waals surface area contributed by atoms with Gasteiger partial charge in [0.25, 0.3) is 0 Å². The van der Waals surface area contributed by atoms with Gasteiger partial charge in [-0.3, -0.25) is 9.89 Å². The first-order valence-electron chi connectivity index (χ1n) is 8.88. The van der Waals surface area contributed by atoms with Gasteiger partial charge in [0, 0.05) is 51.9 Å². The number of ether oxygens (including phenoxy) is 1. The van der Waals surface area contributed by atoms with Gasteiger partial charge in [0.2, 0.25) is 0 Å².